The first-order valence-corrected chi connectivity index (χ1v) is 14.1. The van der Waals surface area contributed by atoms with E-state index in [1.165, 1.54) is 24.1 Å². The second-order valence-corrected chi connectivity index (χ2v) is 11.2. The average Bonchev–Trinajstić information content (AvgIpc) is 2.89. The van der Waals surface area contributed by atoms with Crippen LogP contribution in [0.1, 0.15) is 22.3 Å². The summed E-state index contributed by atoms with van der Waals surface area (Å²) in [6.45, 7) is 2.92. The first kappa shape index (κ1) is 29.3. The standard InChI is InChI=1S/C28H32N4O6S/c1-20-9-8-12-23(15-20)18-30(26(28(34)29-3)16-22-10-6-5-7-11-22)27(33)19-31(39(4,37)38)25-17-24(32(35)36)14-13-21(25)2/h5-15,17,26H,16,18-19H2,1-4H3,(H,29,34)/t26-/m1/s1. The number of benzene rings is 3. The fourth-order valence-corrected chi connectivity index (χ4v) is 5.20. The van der Waals surface area contributed by atoms with E-state index in [9.17, 15) is 28.1 Å². The zero-order valence-corrected chi connectivity index (χ0v) is 23.1. The van der Waals surface area contributed by atoms with E-state index in [2.05, 4.69) is 5.32 Å². The maximum absolute atomic E-state index is 14.0. The molecule has 1 N–H and O–H groups in total. The first-order chi connectivity index (χ1) is 18.4. The van der Waals surface area contributed by atoms with Crippen molar-refractivity contribution in [2.75, 3.05) is 24.2 Å². The van der Waals surface area contributed by atoms with Crippen molar-refractivity contribution in [3.63, 3.8) is 0 Å². The Morgan fingerprint density at radius 3 is 2.23 bits per heavy atom. The predicted octanol–water partition coefficient (Wildman–Crippen LogP) is 3.36. The molecule has 0 spiro atoms. The lowest BCUT2D eigenvalue weighted by atomic mass is 10.0. The smallest absolute Gasteiger partial charge is 0.271 e. The molecule has 3 aromatic rings. The topological polar surface area (TPSA) is 130 Å². The molecular weight excluding hydrogens is 520 g/mol. The van der Waals surface area contributed by atoms with Crippen LogP contribution in [-0.2, 0) is 32.6 Å². The largest absolute Gasteiger partial charge is 0.357 e. The fraction of sp³-hybridized carbons (Fsp3) is 0.286. The van der Waals surface area contributed by atoms with Gasteiger partial charge in [-0.2, -0.15) is 0 Å². The number of carbonyl (C=O) groups is 2. The second kappa shape index (κ2) is 12.5. The van der Waals surface area contributed by atoms with Gasteiger partial charge in [-0.15, -0.1) is 0 Å². The van der Waals surface area contributed by atoms with Crippen LogP contribution in [-0.4, -0.2) is 55.9 Å². The van der Waals surface area contributed by atoms with Gasteiger partial charge >= 0.3 is 0 Å². The number of carbonyl (C=O) groups excluding carboxylic acids is 2. The zero-order valence-electron chi connectivity index (χ0n) is 22.3. The van der Waals surface area contributed by atoms with Crippen LogP contribution in [0.4, 0.5) is 11.4 Å². The number of likely N-dealkylation sites (N-methyl/N-ethyl adjacent to an activating group) is 1. The molecule has 0 aliphatic carbocycles. The van der Waals surface area contributed by atoms with Gasteiger partial charge in [0, 0.05) is 32.1 Å². The van der Waals surface area contributed by atoms with Gasteiger partial charge in [0.05, 0.1) is 16.9 Å². The van der Waals surface area contributed by atoms with Crippen LogP contribution in [0, 0.1) is 24.0 Å². The maximum Gasteiger partial charge on any atom is 0.271 e. The zero-order chi connectivity index (χ0) is 28.7. The molecule has 3 aromatic carbocycles. The number of rotatable bonds is 11. The molecule has 0 aliphatic rings. The Morgan fingerprint density at radius 1 is 0.974 bits per heavy atom. The Labute approximate surface area is 228 Å². The molecule has 0 saturated heterocycles. The molecule has 0 heterocycles. The summed E-state index contributed by atoms with van der Waals surface area (Å²) in [5.74, 6) is -1.03. The summed E-state index contributed by atoms with van der Waals surface area (Å²) in [4.78, 5) is 39.2. The van der Waals surface area contributed by atoms with Gasteiger partial charge in [0.2, 0.25) is 21.8 Å². The number of sulfonamides is 1. The number of aryl methyl sites for hydroxylation is 2. The highest BCUT2D eigenvalue weighted by atomic mass is 32.2. The summed E-state index contributed by atoms with van der Waals surface area (Å²) < 4.78 is 26.6. The maximum atomic E-state index is 14.0. The van der Waals surface area contributed by atoms with Crippen molar-refractivity contribution in [3.8, 4) is 0 Å². The van der Waals surface area contributed by atoms with Crippen molar-refractivity contribution in [2.45, 2.75) is 32.9 Å². The lowest BCUT2D eigenvalue weighted by molar-refractivity contribution is -0.384. The van der Waals surface area contributed by atoms with E-state index in [4.69, 9.17) is 0 Å². The lowest BCUT2D eigenvalue weighted by Gasteiger charge is -2.33. The van der Waals surface area contributed by atoms with Crippen molar-refractivity contribution in [1.29, 1.82) is 0 Å². The summed E-state index contributed by atoms with van der Waals surface area (Å²) in [5.41, 5.74) is 2.71. The number of hydrogen-bond donors (Lipinski definition) is 1. The molecule has 0 bridgehead atoms. The highest BCUT2D eigenvalue weighted by Crippen LogP contribution is 2.28. The Bertz CT molecular complexity index is 1460. The van der Waals surface area contributed by atoms with E-state index in [0.29, 0.717) is 5.56 Å². The Kier molecular flexibility index (Phi) is 9.42. The molecule has 39 heavy (non-hydrogen) atoms. The van der Waals surface area contributed by atoms with Crippen LogP contribution < -0.4 is 9.62 Å². The van der Waals surface area contributed by atoms with Gasteiger partial charge in [-0.3, -0.25) is 24.0 Å². The monoisotopic (exact) mass is 552 g/mol. The van der Waals surface area contributed by atoms with E-state index in [-0.39, 0.29) is 24.3 Å². The highest BCUT2D eigenvalue weighted by Gasteiger charge is 2.33. The summed E-state index contributed by atoms with van der Waals surface area (Å²) in [6.07, 6.45) is 1.14. The Hall–Kier alpha value is -4.25. The molecule has 0 saturated carbocycles. The van der Waals surface area contributed by atoms with E-state index >= 15 is 0 Å². The van der Waals surface area contributed by atoms with Crippen LogP contribution >= 0.6 is 0 Å². The van der Waals surface area contributed by atoms with E-state index in [0.717, 1.165) is 33.3 Å². The third-order valence-corrected chi connectivity index (χ3v) is 7.43. The molecular formula is C28H32N4O6S. The van der Waals surface area contributed by atoms with Gasteiger partial charge in [0.15, 0.2) is 0 Å². The van der Waals surface area contributed by atoms with E-state index < -0.39 is 39.3 Å². The molecule has 2 amide bonds. The van der Waals surface area contributed by atoms with Gasteiger partial charge in [0.25, 0.3) is 5.69 Å². The van der Waals surface area contributed by atoms with Crippen molar-refractivity contribution in [1.82, 2.24) is 10.2 Å². The summed E-state index contributed by atoms with van der Waals surface area (Å²) >= 11 is 0. The minimum atomic E-state index is -4.04. The normalized spacial score (nSPS) is 11.9. The fourth-order valence-electron chi connectivity index (χ4n) is 4.30. The SMILES string of the molecule is CNC(=O)[C@@H](Cc1ccccc1)N(Cc1cccc(C)c1)C(=O)CN(c1cc([N+](=O)[O-])ccc1C)S(C)(=O)=O. The van der Waals surface area contributed by atoms with Crippen molar-refractivity contribution in [3.05, 3.63) is 105 Å². The number of nitrogens with zero attached hydrogens (tertiary/aromatic N) is 3. The second-order valence-electron chi connectivity index (χ2n) is 9.33. The number of hydrogen-bond acceptors (Lipinski definition) is 6. The quantitative estimate of drug-likeness (QED) is 0.287. The highest BCUT2D eigenvalue weighted by molar-refractivity contribution is 7.92. The molecule has 1 atom stereocenters. The van der Waals surface area contributed by atoms with Gasteiger partial charge in [-0.25, -0.2) is 8.42 Å². The number of nitro benzene ring substituents is 1. The van der Waals surface area contributed by atoms with E-state index in [1.807, 2.05) is 61.5 Å². The minimum Gasteiger partial charge on any atom is -0.357 e. The third-order valence-electron chi connectivity index (χ3n) is 6.30. The Balaban J connectivity index is 2.08. The lowest BCUT2D eigenvalue weighted by Crippen LogP contribution is -2.53. The van der Waals surface area contributed by atoms with Gasteiger partial charge in [-0.05, 0) is 30.5 Å². The van der Waals surface area contributed by atoms with Gasteiger partial charge in [0.1, 0.15) is 12.6 Å². The number of anilines is 1. The van der Waals surface area contributed by atoms with Crippen LogP contribution in [0.2, 0.25) is 0 Å². The number of amides is 2. The summed E-state index contributed by atoms with van der Waals surface area (Å²) in [5, 5.41) is 14.0. The number of non-ortho nitro benzene ring substituents is 1. The third kappa shape index (κ3) is 7.64. The van der Waals surface area contributed by atoms with Crippen LogP contribution in [0.15, 0.2) is 72.8 Å². The summed E-state index contributed by atoms with van der Waals surface area (Å²) in [7, 11) is -2.56. The number of nitrogens with one attached hydrogen (secondary N) is 1. The first-order valence-electron chi connectivity index (χ1n) is 12.2. The molecule has 0 aliphatic heterocycles. The van der Waals surface area contributed by atoms with Gasteiger partial charge < -0.3 is 10.2 Å². The van der Waals surface area contributed by atoms with E-state index in [1.54, 1.807) is 6.92 Å². The minimum absolute atomic E-state index is 0.0232. The van der Waals surface area contributed by atoms with Crippen LogP contribution in [0.25, 0.3) is 0 Å². The number of nitro groups is 1. The molecule has 206 valence electrons. The average molecular weight is 553 g/mol. The molecule has 0 unspecified atom stereocenters. The molecule has 10 nitrogen and oxygen atoms in total. The van der Waals surface area contributed by atoms with Crippen molar-refractivity contribution >= 4 is 33.2 Å². The molecule has 11 heteroatoms. The predicted molar refractivity (Wildman–Crippen MR) is 150 cm³/mol. The molecule has 0 radical (unpaired) electrons. The van der Waals surface area contributed by atoms with Crippen molar-refractivity contribution < 1.29 is 22.9 Å². The van der Waals surface area contributed by atoms with Gasteiger partial charge in [-0.1, -0.05) is 66.2 Å². The van der Waals surface area contributed by atoms with Crippen LogP contribution in [0.3, 0.4) is 0 Å². The molecule has 0 fully saturated rings. The summed E-state index contributed by atoms with van der Waals surface area (Å²) in [6, 6.07) is 19.6. The Morgan fingerprint density at radius 2 is 1.64 bits per heavy atom. The van der Waals surface area contributed by atoms with Crippen LogP contribution in [0.5, 0.6) is 0 Å². The van der Waals surface area contributed by atoms with Crippen molar-refractivity contribution in [2.24, 2.45) is 0 Å². The molecule has 3 rings (SSSR count). The molecule has 0 aromatic heterocycles.